The SMILES string of the molecule is N#Cc1ccccc1Nc1ncc(C(=O)Nc2cccc(F)c2)cn1. The van der Waals surface area contributed by atoms with Crippen molar-refractivity contribution in [3.8, 4) is 6.07 Å². The quantitative estimate of drug-likeness (QED) is 0.763. The molecule has 3 aromatic rings. The van der Waals surface area contributed by atoms with Crippen LogP contribution in [0.4, 0.5) is 21.7 Å². The van der Waals surface area contributed by atoms with Crippen LogP contribution in [0.15, 0.2) is 60.9 Å². The van der Waals surface area contributed by atoms with E-state index in [-0.39, 0.29) is 11.5 Å². The summed E-state index contributed by atoms with van der Waals surface area (Å²) in [5.74, 6) is -0.635. The number of amides is 1. The van der Waals surface area contributed by atoms with Gasteiger partial charge in [-0.1, -0.05) is 18.2 Å². The molecule has 0 radical (unpaired) electrons. The van der Waals surface area contributed by atoms with E-state index in [0.29, 0.717) is 16.9 Å². The summed E-state index contributed by atoms with van der Waals surface area (Å²) in [6, 6.07) is 14.6. The number of anilines is 3. The van der Waals surface area contributed by atoms with Crippen molar-refractivity contribution in [1.29, 1.82) is 5.26 Å². The summed E-state index contributed by atoms with van der Waals surface area (Å²) in [5.41, 5.74) is 1.60. The van der Waals surface area contributed by atoms with E-state index in [2.05, 4.69) is 26.7 Å². The van der Waals surface area contributed by atoms with Gasteiger partial charge < -0.3 is 10.6 Å². The molecule has 1 heterocycles. The van der Waals surface area contributed by atoms with E-state index >= 15 is 0 Å². The lowest BCUT2D eigenvalue weighted by Crippen LogP contribution is -2.13. The van der Waals surface area contributed by atoms with Crippen LogP contribution < -0.4 is 10.6 Å². The van der Waals surface area contributed by atoms with E-state index in [0.717, 1.165) is 0 Å². The van der Waals surface area contributed by atoms with Gasteiger partial charge in [-0.25, -0.2) is 14.4 Å². The molecule has 122 valence electrons. The van der Waals surface area contributed by atoms with Crippen LogP contribution in [0.2, 0.25) is 0 Å². The number of rotatable bonds is 4. The molecule has 0 saturated carbocycles. The molecule has 6 nitrogen and oxygen atoms in total. The maximum Gasteiger partial charge on any atom is 0.258 e. The fourth-order valence-corrected chi connectivity index (χ4v) is 2.09. The van der Waals surface area contributed by atoms with Gasteiger partial charge in [0.2, 0.25) is 5.95 Å². The Labute approximate surface area is 143 Å². The summed E-state index contributed by atoms with van der Waals surface area (Å²) in [6.07, 6.45) is 2.69. The van der Waals surface area contributed by atoms with Gasteiger partial charge >= 0.3 is 0 Å². The maximum atomic E-state index is 13.1. The lowest BCUT2D eigenvalue weighted by Gasteiger charge is -2.07. The van der Waals surface area contributed by atoms with Gasteiger partial charge in [0.1, 0.15) is 11.9 Å². The normalized spacial score (nSPS) is 9.92. The second kappa shape index (κ2) is 7.19. The summed E-state index contributed by atoms with van der Waals surface area (Å²) >= 11 is 0. The Bertz CT molecular complexity index is 950. The molecule has 0 aliphatic heterocycles. The topological polar surface area (TPSA) is 90.7 Å². The molecule has 0 aliphatic rings. The molecular weight excluding hydrogens is 321 g/mol. The first kappa shape index (κ1) is 16.1. The molecule has 7 heteroatoms. The Morgan fingerprint density at radius 2 is 1.84 bits per heavy atom. The fourth-order valence-electron chi connectivity index (χ4n) is 2.09. The average Bonchev–Trinajstić information content (AvgIpc) is 2.63. The molecule has 25 heavy (non-hydrogen) atoms. The molecule has 0 aliphatic carbocycles. The second-order valence-electron chi connectivity index (χ2n) is 5.04. The van der Waals surface area contributed by atoms with Gasteiger partial charge in [-0.3, -0.25) is 4.79 Å². The predicted molar refractivity (Wildman–Crippen MR) is 90.8 cm³/mol. The summed E-state index contributed by atoms with van der Waals surface area (Å²) in [6.45, 7) is 0. The van der Waals surface area contributed by atoms with Crippen LogP contribution in [0.3, 0.4) is 0 Å². The largest absolute Gasteiger partial charge is 0.323 e. The molecule has 1 amide bonds. The van der Waals surface area contributed by atoms with Crippen molar-refractivity contribution in [2.75, 3.05) is 10.6 Å². The zero-order valence-corrected chi connectivity index (χ0v) is 12.9. The van der Waals surface area contributed by atoms with Gasteiger partial charge in [-0.2, -0.15) is 5.26 Å². The van der Waals surface area contributed by atoms with Crippen LogP contribution >= 0.6 is 0 Å². The minimum atomic E-state index is -0.449. The number of para-hydroxylation sites is 1. The van der Waals surface area contributed by atoms with Gasteiger partial charge in [0.25, 0.3) is 5.91 Å². The van der Waals surface area contributed by atoms with E-state index in [4.69, 9.17) is 5.26 Å². The summed E-state index contributed by atoms with van der Waals surface area (Å²) in [4.78, 5) is 20.2. The Morgan fingerprint density at radius 1 is 1.08 bits per heavy atom. The Morgan fingerprint density at radius 3 is 2.56 bits per heavy atom. The highest BCUT2D eigenvalue weighted by Crippen LogP contribution is 2.17. The minimum Gasteiger partial charge on any atom is -0.323 e. The average molecular weight is 333 g/mol. The molecule has 0 saturated heterocycles. The zero-order valence-electron chi connectivity index (χ0n) is 12.9. The highest BCUT2D eigenvalue weighted by Gasteiger charge is 2.09. The fraction of sp³-hybridized carbons (Fsp3) is 0. The first-order valence-electron chi connectivity index (χ1n) is 7.31. The Hall–Kier alpha value is -3.79. The number of halogens is 1. The Kier molecular flexibility index (Phi) is 4.62. The smallest absolute Gasteiger partial charge is 0.258 e. The first-order chi connectivity index (χ1) is 12.2. The first-order valence-corrected chi connectivity index (χ1v) is 7.31. The number of hydrogen-bond acceptors (Lipinski definition) is 5. The minimum absolute atomic E-state index is 0.225. The standard InChI is InChI=1S/C18H12FN5O/c19-14-5-3-6-15(8-14)23-17(25)13-10-21-18(22-11-13)24-16-7-2-1-4-12(16)9-20/h1-8,10-11H,(H,23,25)(H,21,22,24). The van der Waals surface area contributed by atoms with Crippen LogP contribution in [0.1, 0.15) is 15.9 Å². The third-order valence-electron chi connectivity index (χ3n) is 3.29. The number of benzene rings is 2. The monoisotopic (exact) mass is 333 g/mol. The molecule has 3 rings (SSSR count). The van der Waals surface area contributed by atoms with Crippen molar-refractivity contribution < 1.29 is 9.18 Å². The van der Waals surface area contributed by atoms with E-state index in [1.807, 2.05) is 0 Å². The molecule has 2 aromatic carbocycles. The number of aromatic nitrogens is 2. The van der Waals surface area contributed by atoms with Crippen LogP contribution in [0.25, 0.3) is 0 Å². The molecule has 0 bridgehead atoms. The van der Waals surface area contributed by atoms with Crippen molar-refractivity contribution in [3.05, 3.63) is 77.9 Å². The van der Waals surface area contributed by atoms with E-state index in [1.165, 1.54) is 30.6 Å². The number of nitrogens with zero attached hydrogens (tertiary/aromatic N) is 3. The summed E-state index contributed by atoms with van der Waals surface area (Å²) < 4.78 is 13.1. The number of nitriles is 1. The molecule has 0 spiro atoms. The van der Waals surface area contributed by atoms with Crippen LogP contribution in [-0.2, 0) is 0 Å². The van der Waals surface area contributed by atoms with Crippen molar-refractivity contribution in [2.45, 2.75) is 0 Å². The van der Waals surface area contributed by atoms with Gasteiger partial charge in [0.05, 0.1) is 16.8 Å². The molecule has 0 unspecified atom stereocenters. The predicted octanol–water partition coefficient (Wildman–Crippen LogP) is 3.48. The number of hydrogen-bond donors (Lipinski definition) is 2. The van der Waals surface area contributed by atoms with E-state index in [1.54, 1.807) is 30.3 Å². The summed E-state index contributed by atoms with van der Waals surface area (Å²) in [5, 5.41) is 14.5. The van der Waals surface area contributed by atoms with Gasteiger partial charge in [-0.05, 0) is 30.3 Å². The molecule has 1 aromatic heterocycles. The summed E-state index contributed by atoms with van der Waals surface area (Å²) in [7, 11) is 0. The highest BCUT2D eigenvalue weighted by molar-refractivity contribution is 6.03. The van der Waals surface area contributed by atoms with Crippen LogP contribution in [-0.4, -0.2) is 15.9 Å². The third-order valence-corrected chi connectivity index (χ3v) is 3.29. The van der Waals surface area contributed by atoms with Crippen molar-refractivity contribution >= 4 is 23.2 Å². The molecule has 0 atom stereocenters. The van der Waals surface area contributed by atoms with Crippen molar-refractivity contribution in [1.82, 2.24) is 9.97 Å². The van der Waals surface area contributed by atoms with Gasteiger partial charge in [0.15, 0.2) is 0 Å². The maximum absolute atomic E-state index is 13.1. The number of carbonyl (C=O) groups is 1. The van der Waals surface area contributed by atoms with Gasteiger partial charge in [0, 0.05) is 18.1 Å². The van der Waals surface area contributed by atoms with Crippen molar-refractivity contribution in [2.24, 2.45) is 0 Å². The lowest BCUT2D eigenvalue weighted by molar-refractivity contribution is 0.102. The highest BCUT2D eigenvalue weighted by atomic mass is 19.1. The number of carbonyl (C=O) groups excluding carboxylic acids is 1. The lowest BCUT2D eigenvalue weighted by atomic mass is 10.2. The van der Waals surface area contributed by atoms with E-state index < -0.39 is 11.7 Å². The molecule has 2 N–H and O–H groups in total. The molecule has 0 fully saturated rings. The van der Waals surface area contributed by atoms with E-state index in [9.17, 15) is 9.18 Å². The van der Waals surface area contributed by atoms with Crippen LogP contribution in [0.5, 0.6) is 0 Å². The van der Waals surface area contributed by atoms with Crippen LogP contribution in [0, 0.1) is 17.1 Å². The number of nitrogens with one attached hydrogen (secondary N) is 2. The zero-order chi connectivity index (χ0) is 17.6. The molecular formula is C18H12FN5O. The van der Waals surface area contributed by atoms with Crippen molar-refractivity contribution in [3.63, 3.8) is 0 Å². The van der Waals surface area contributed by atoms with Gasteiger partial charge in [-0.15, -0.1) is 0 Å². The second-order valence-corrected chi connectivity index (χ2v) is 5.04. The third kappa shape index (κ3) is 3.95. The Balaban J connectivity index is 1.71.